The van der Waals surface area contributed by atoms with E-state index in [-0.39, 0.29) is 18.3 Å². The topological polar surface area (TPSA) is 60.2 Å². The minimum absolute atomic E-state index is 0.182. The lowest BCUT2D eigenvalue weighted by Crippen LogP contribution is -2.07. The van der Waals surface area contributed by atoms with Gasteiger partial charge in [-0.2, -0.15) is 4.98 Å². The fraction of sp³-hybridized carbons (Fsp3) is 0.333. The van der Waals surface area contributed by atoms with Crippen molar-refractivity contribution in [2.45, 2.75) is 6.42 Å². The van der Waals surface area contributed by atoms with Crippen LogP contribution in [-0.2, 0) is 11.2 Å². The smallest absolute Gasteiger partial charge is 0.321 e. The summed E-state index contributed by atoms with van der Waals surface area (Å²) in [6.07, 6.45) is 0.182. The molecule has 0 saturated heterocycles. The molecule has 0 bridgehead atoms. The summed E-state index contributed by atoms with van der Waals surface area (Å²) in [4.78, 5) is 4.09. The zero-order valence-corrected chi connectivity index (χ0v) is 11.1. The quantitative estimate of drug-likeness (QED) is 0.827. The Kier molecular flexibility index (Phi) is 4.70. The van der Waals surface area contributed by atoms with E-state index in [9.17, 15) is 4.39 Å². The third kappa shape index (κ3) is 3.65. The van der Waals surface area contributed by atoms with Gasteiger partial charge in [0.1, 0.15) is 5.82 Å². The number of ether oxygens (including phenoxy) is 1. The number of benzene rings is 1. The normalized spacial score (nSPS) is 10.7. The molecule has 0 atom stereocenters. The molecule has 19 heavy (non-hydrogen) atoms. The SMILES string of the molecule is COCCNc1nc(Cc2c(F)cccc2Cl)no1. The second-order valence-corrected chi connectivity index (χ2v) is 4.22. The van der Waals surface area contributed by atoms with Crippen LogP contribution in [0.15, 0.2) is 22.7 Å². The van der Waals surface area contributed by atoms with Gasteiger partial charge in [-0.05, 0) is 12.1 Å². The van der Waals surface area contributed by atoms with Crippen molar-refractivity contribution in [1.29, 1.82) is 0 Å². The van der Waals surface area contributed by atoms with Crippen LogP contribution in [0, 0.1) is 5.82 Å². The molecular weight excluding hydrogens is 273 g/mol. The largest absolute Gasteiger partial charge is 0.383 e. The Labute approximate surface area is 114 Å². The first kappa shape index (κ1) is 13.8. The second-order valence-electron chi connectivity index (χ2n) is 3.81. The molecule has 0 saturated carbocycles. The third-order valence-electron chi connectivity index (χ3n) is 2.45. The van der Waals surface area contributed by atoms with Crippen LogP contribution in [0.3, 0.4) is 0 Å². The zero-order valence-electron chi connectivity index (χ0n) is 10.3. The number of nitrogens with zero attached hydrogens (tertiary/aromatic N) is 2. The van der Waals surface area contributed by atoms with Crippen molar-refractivity contribution in [3.8, 4) is 0 Å². The minimum Gasteiger partial charge on any atom is -0.383 e. The average Bonchev–Trinajstić information content (AvgIpc) is 2.82. The van der Waals surface area contributed by atoms with Crippen LogP contribution in [0.4, 0.5) is 10.4 Å². The lowest BCUT2D eigenvalue weighted by molar-refractivity contribution is 0.210. The van der Waals surface area contributed by atoms with E-state index in [1.165, 1.54) is 6.07 Å². The molecule has 2 rings (SSSR count). The number of hydrogen-bond acceptors (Lipinski definition) is 5. The summed E-state index contributed by atoms with van der Waals surface area (Å²) in [7, 11) is 1.60. The van der Waals surface area contributed by atoms with Crippen molar-refractivity contribution in [2.24, 2.45) is 0 Å². The highest BCUT2D eigenvalue weighted by atomic mass is 35.5. The number of methoxy groups -OCH3 is 1. The fourth-order valence-electron chi connectivity index (χ4n) is 1.52. The average molecular weight is 286 g/mol. The van der Waals surface area contributed by atoms with Crippen molar-refractivity contribution in [2.75, 3.05) is 25.6 Å². The Hall–Kier alpha value is -1.66. The predicted molar refractivity (Wildman–Crippen MR) is 68.9 cm³/mol. The first-order chi connectivity index (χ1) is 9.20. The van der Waals surface area contributed by atoms with Gasteiger partial charge in [0, 0.05) is 30.7 Å². The zero-order chi connectivity index (χ0) is 13.7. The van der Waals surface area contributed by atoms with E-state index in [0.29, 0.717) is 29.6 Å². The standard InChI is InChI=1S/C12H13ClFN3O2/c1-18-6-5-15-12-16-11(17-19-12)7-8-9(13)3-2-4-10(8)14/h2-4H,5-7H2,1H3,(H,15,16,17). The lowest BCUT2D eigenvalue weighted by atomic mass is 10.1. The molecule has 0 aliphatic carbocycles. The van der Waals surface area contributed by atoms with Gasteiger partial charge in [0.2, 0.25) is 0 Å². The summed E-state index contributed by atoms with van der Waals surface area (Å²) in [5.41, 5.74) is 0.355. The summed E-state index contributed by atoms with van der Waals surface area (Å²) in [5.74, 6) is -0.0156. The molecule has 5 nitrogen and oxygen atoms in total. The number of aromatic nitrogens is 2. The van der Waals surface area contributed by atoms with E-state index < -0.39 is 0 Å². The second kappa shape index (κ2) is 6.49. The van der Waals surface area contributed by atoms with Gasteiger partial charge in [0.15, 0.2) is 5.82 Å². The van der Waals surface area contributed by atoms with E-state index in [1.54, 1.807) is 19.2 Å². The third-order valence-corrected chi connectivity index (χ3v) is 2.80. The van der Waals surface area contributed by atoms with E-state index in [2.05, 4.69) is 15.5 Å². The first-order valence-corrected chi connectivity index (χ1v) is 6.07. The van der Waals surface area contributed by atoms with Crippen LogP contribution in [0.2, 0.25) is 5.02 Å². The van der Waals surface area contributed by atoms with Gasteiger partial charge in [-0.15, -0.1) is 0 Å². The molecule has 1 heterocycles. The highest BCUT2D eigenvalue weighted by molar-refractivity contribution is 6.31. The summed E-state index contributed by atoms with van der Waals surface area (Å²) in [6, 6.07) is 4.80. The van der Waals surface area contributed by atoms with Gasteiger partial charge < -0.3 is 14.6 Å². The molecule has 0 spiro atoms. The summed E-state index contributed by atoms with van der Waals surface area (Å²) in [5, 5.41) is 6.99. The maximum absolute atomic E-state index is 13.6. The Morgan fingerprint density at radius 2 is 2.32 bits per heavy atom. The van der Waals surface area contributed by atoms with Gasteiger partial charge in [0.05, 0.1) is 6.61 Å². The molecule has 0 radical (unpaired) electrons. The molecule has 2 aromatic rings. The summed E-state index contributed by atoms with van der Waals surface area (Å²) >= 11 is 5.93. The van der Waals surface area contributed by atoms with Crippen molar-refractivity contribution >= 4 is 17.6 Å². The van der Waals surface area contributed by atoms with Gasteiger partial charge in [-0.1, -0.05) is 22.8 Å². The molecule has 0 unspecified atom stereocenters. The first-order valence-electron chi connectivity index (χ1n) is 5.69. The van der Waals surface area contributed by atoms with Crippen molar-refractivity contribution < 1.29 is 13.7 Å². The van der Waals surface area contributed by atoms with Crippen LogP contribution in [0.25, 0.3) is 0 Å². The molecule has 0 fully saturated rings. The monoisotopic (exact) mass is 285 g/mol. The van der Waals surface area contributed by atoms with Crippen LogP contribution in [0.1, 0.15) is 11.4 Å². The highest BCUT2D eigenvalue weighted by Gasteiger charge is 2.12. The maximum atomic E-state index is 13.6. The molecule has 102 valence electrons. The number of hydrogen-bond donors (Lipinski definition) is 1. The molecule has 0 aliphatic rings. The Morgan fingerprint density at radius 3 is 3.05 bits per heavy atom. The molecule has 1 aromatic heterocycles. The van der Waals surface area contributed by atoms with E-state index in [4.69, 9.17) is 20.9 Å². The van der Waals surface area contributed by atoms with Gasteiger partial charge in [-0.25, -0.2) is 4.39 Å². The Balaban J connectivity index is 2.03. The van der Waals surface area contributed by atoms with E-state index in [0.717, 1.165) is 0 Å². The molecule has 1 N–H and O–H groups in total. The fourth-order valence-corrected chi connectivity index (χ4v) is 1.75. The van der Waals surface area contributed by atoms with Crippen LogP contribution < -0.4 is 5.32 Å². The van der Waals surface area contributed by atoms with Crippen molar-refractivity contribution in [1.82, 2.24) is 10.1 Å². The molecule has 0 amide bonds. The Morgan fingerprint density at radius 1 is 1.47 bits per heavy atom. The molecule has 1 aromatic carbocycles. The number of rotatable bonds is 6. The lowest BCUT2D eigenvalue weighted by Gasteiger charge is -2.01. The number of anilines is 1. The van der Waals surface area contributed by atoms with Gasteiger partial charge in [-0.3, -0.25) is 0 Å². The van der Waals surface area contributed by atoms with Crippen LogP contribution in [-0.4, -0.2) is 30.4 Å². The highest BCUT2D eigenvalue weighted by Crippen LogP contribution is 2.21. The van der Waals surface area contributed by atoms with Crippen LogP contribution >= 0.6 is 11.6 Å². The van der Waals surface area contributed by atoms with E-state index >= 15 is 0 Å². The predicted octanol–water partition coefficient (Wildman–Crippen LogP) is 2.51. The van der Waals surface area contributed by atoms with Gasteiger partial charge >= 0.3 is 6.01 Å². The molecular formula is C12H13ClFN3O2. The van der Waals surface area contributed by atoms with E-state index in [1.807, 2.05) is 0 Å². The summed E-state index contributed by atoms with van der Waals surface area (Å²) < 4.78 is 23.4. The van der Waals surface area contributed by atoms with Crippen LogP contribution in [0.5, 0.6) is 0 Å². The molecule has 0 aliphatic heterocycles. The number of halogens is 2. The summed E-state index contributed by atoms with van der Waals surface area (Å²) in [6.45, 7) is 1.08. The van der Waals surface area contributed by atoms with Crippen molar-refractivity contribution in [3.05, 3.63) is 40.4 Å². The van der Waals surface area contributed by atoms with Crippen molar-refractivity contribution in [3.63, 3.8) is 0 Å². The number of nitrogens with one attached hydrogen (secondary N) is 1. The Bertz CT molecular complexity index is 527. The minimum atomic E-state index is -0.383. The maximum Gasteiger partial charge on any atom is 0.321 e. The molecule has 7 heteroatoms. The van der Waals surface area contributed by atoms with Gasteiger partial charge in [0.25, 0.3) is 0 Å².